The highest BCUT2D eigenvalue weighted by Gasteiger charge is 2.05. The van der Waals surface area contributed by atoms with E-state index in [4.69, 9.17) is 11.6 Å². The van der Waals surface area contributed by atoms with Gasteiger partial charge in [-0.25, -0.2) is 0 Å². The summed E-state index contributed by atoms with van der Waals surface area (Å²) in [5.41, 5.74) is 3.93. The Balaban J connectivity index is 1.94. The lowest BCUT2D eigenvalue weighted by molar-refractivity contribution is -0.114. The van der Waals surface area contributed by atoms with E-state index in [9.17, 15) is 4.79 Å². The van der Waals surface area contributed by atoms with Gasteiger partial charge in [0.15, 0.2) is 0 Å². The molecule has 1 amide bonds. The van der Waals surface area contributed by atoms with Crippen LogP contribution >= 0.6 is 11.6 Å². The predicted molar refractivity (Wildman–Crippen MR) is 89.1 cm³/mol. The summed E-state index contributed by atoms with van der Waals surface area (Å²) < 4.78 is 0. The van der Waals surface area contributed by atoms with E-state index in [0.29, 0.717) is 5.02 Å². The van der Waals surface area contributed by atoms with Gasteiger partial charge in [-0.05, 0) is 48.7 Å². The molecule has 2 rings (SSSR count). The molecule has 2 aromatic carbocycles. The highest BCUT2D eigenvalue weighted by molar-refractivity contribution is 6.31. The minimum atomic E-state index is -0.0951. The number of aryl methyl sites for hydroxylation is 2. The first-order valence-electron chi connectivity index (χ1n) is 6.97. The van der Waals surface area contributed by atoms with E-state index in [1.807, 2.05) is 25.1 Å². The molecule has 0 saturated carbocycles. The molecule has 0 saturated heterocycles. The third kappa shape index (κ3) is 4.50. The van der Waals surface area contributed by atoms with Gasteiger partial charge in [0, 0.05) is 16.4 Å². The fourth-order valence-electron chi connectivity index (χ4n) is 2.01. The molecule has 0 aliphatic heterocycles. The topological polar surface area (TPSA) is 41.1 Å². The van der Waals surface area contributed by atoms with E-state index in [-0.39, 0.29) is 12.5 Å². The van der Waals surface area contributed by atoms with Crippen molar-refractivity contribution < 1.29 is 4.79 Å². The normalized spacial score (nSPS) is 10.2. The number of rotatable bonds is 5. The molecule has 4 heteroatoms. The lowest BCUT2D eigenvalue weighted by Crippen LogP contribution is -2.22. The smallest absolute Gasteiger partial charge is 0.243 e. The van der Waals surface area contributed by atoms with Crippen molar-refractivity contribution in [3.8, 4) is 0 Å². The zero-order valence-electron chi connectivity index (χ0n) is 12.2. The molecule has 110 valence electrons. The van der Waals surface area contributed by atoms with Crippen LogP contribution in [-0.2, 0) is 11.2 Å². The summed E-state index contributed by atoms with van der Waals surface area (Å²) in [6.07, 6.45) is 0.976. The molecule has 2 N–H and O–H groups in total. The van der Waals surface area contributed by atoms with Crippen LogP contribution in [-0.4, -0.2) is 12.5 Å². The monoisotopic (exact) mass is 302 g/mol. The van der Waals surface area contributed by atoms with Gasteiger partial charge in [-0.1, -0.05) is 36.7 Å². The Morgan fingerprint density at radius 2 is 2.00 bits per heavy atom. The number of anilines is 2. The van der Waals surface area contributed by atoms with Gasteiger partial charge in [0.25, 0.3) is 0 Å². The Morgan fingerprint density at radius 3 is 2.76 bits per heavy atom. The zero-order chi connectivity index (χ0) is 15.2. The largest absolute Gasteiger partial charge is 0.376 e. The molecule has 3 nitrogen and oxygen atoms in total. The van der Waals surface area contributed by atoms with Gasteiger partial charge in [0.1, 0.15) is 0 Å². The first-order chi connectivity index (χ1) is 10.1. The maximum Gasteiger partial charge on any atom is 0.243 e. The van der Waals surface area contributed by atoms with Crippen LogP contribution in [0.1, 0.15) is 18.1 Å². The van der Waals surface area contributed by atoms with Crippen molar-refractivity contribution >= 4 is 28.9 Å². The minimum absolute atomic E-state index is 0.0951. The van der Waals surface area contributed by atoms with Gasteiger partial charge in [-0.2, -0.15) is 0 Å². The van der Waals surface area contributed by atoms with Crippen LogP contribution in [0, 0.1) is 6.92 Å². The molecule has 0 aromatic heterocycles. The summed E-state index contributed by atoms with van der Waals surface area (Å²) >= 11 is 5.94. The standard InChI is InChI=1S/C17H19ClN2O/c1-3-13-5-4-6-15(9-13)19-11-17(21)20-16-10-14(18)8-7-12(16)2/h4-10,19H,3,11H2,1-2H3,(H,20,21). The third-order valence-electron chi connectivity index (χ3n) is 3.26. The lowest BCUT2D eigenvalue weighted by atomic mass is 10.1. The van der Waals surface area contributed by atoms with Crippen LogP contribution in [0.3, 0.4) is 0 Å². The Bertz CT molecular complexity index is 640. The van der Waals surface area contributed by atoms with E-state index in [1.54, 1.807) is 12.1 Å². The van der Waals surface area contributed by atoms with Gasteiger partial charge in [0.05, 0.1) is 6.54 Å². The van der Waals surface area contributed by atoms with E-state index >= 15 is 0 Å². The molecule has 0 spiro atoms. The summed E-state index contributed by atoms with van der Waals surface area (Å²) in [6, 6.07) is 13.5. The molecule has 0 fully saturated rings. The highest BCUT2D eigenvalue weighted by atomic mass is 35.5. The SMILES string of the molecule is CCc1cccc(NCC(=O)Nc2cc(Cl)ccc2C)c1. The third-order valence-corrected chi connectivity index (χ3v) is 3.50. The van der Waals surface area contributed by atoms with Crippen molar-refractivity contribution in [1.29, 1.82) is 0 Å². The van der Waals surface area contributed by atoms with E-state index in [2.05, 4.69) is 29.7 Å². The number of benzene rings is 2. The van der Waals surface area contributed by atoms with Gasteiger partial charge < -0.3 is 10.6 Å². The van der Waals surface area contributed by atoms with Crippen molar-refractivity contribution in [2.24, 2.45) is 0 Å². The highest BCUT2D eigenvalue weighted by Crippen LogP contribution is 2.20. The second-order valence-electron chi connectivity index (χ2n) is 4.91. The molecular formula is C17H19ClN2O. The van der Waals surface area contributed by atoms with Gasteiger partial charge in [-0.15, -0.1) is 0 Å². The summed E-state index contributed by atoms with van der Waals surface area (Å²) in [6.45, 7) is 4.26. The number of hydrogen-bond donors (Lipinski definition) is 2. The van der Waals surface area contributed by atoms with Crippen LogP contribution in [0.5, 0.6) is 0 Å². The van der Waals surface area contributed by atoms with Gasteiger partial charge >= 0.3 is 0 Å². The Morgan fingerprint density at radius 1 is 1.19 bits per heavy atom. The molecule has 21 heavy (non-hydrogen) atoms. The molecule has 0 aliphatic carbocycles. The predicted octanol–water partition coefficient (Wildman–Crippen LogP) is 4.26. The molecule has 0 unspecified atom stereocenters. The number of nitrogens with one attached hydrogen (secondary N) is 2. The van der Waals surface area contributed by atoms with E-state index < -0.39 is 0 Å². The fourth-order valence-corrected chi connectivity index (χ4v) is 2.18. The zero-order valence-corrected chi connectivity index (χ0v) is 13.0. The molecular weight excluding hydrogens is 284 g/mol. The van der Waals surface area contributed by atoms with Crippen LogP contribution in [0.2, 0.25) is 5.02 Å². The number of halogens is 1. The minimum Gasteiger partial charge on any atom is -0.376 e. The fraction of sp³-hybridized carbons (Fsp3) is 0.235. The Hall–Kier alpha value is -2.00. The van der Waals surface area contributed by atoms with Crippen molar-refractivity contribution in [1.82, 2.24) is 0 Å². The maximum atomic E-state index is 12.0. The van der Waals surface area contributed by atoms with Crippen molar-refractivity contribution in [2.45, 2.75) is 20.3 Å². The Labute approximate surface area is 130 Å². The summed E-state index contributed by atoms with van der Waals surface area (Å²) in [4.78, 5) is 12.0. The first-order valence-corrected chi connectivity index (χ1v) is 7.35. The van der Waals surface area contributed by atoms with Crippen molar-refractivity contribution in [2.75, 3.05) is 17.2 Å². The van der Waals surface area contributed by atoms with Crippen LogP contribution < -0.4 is 10.6 Å². The number of carbonyl (C=O) groups is 1. The van der Waals surface area contributed by atoms with E-state index in [1.165, 1.54) is 5.56 Å². The van der Waals surface area contributed by atoms with Gasteiger partial charge in [0.2, 0.25) is 5.91 Å². The maximum absolute atomic E-state index is 12.0. The number of hydrogen-bond acceptors (Lipinski definition) is 2. The average molecular weight is 303 g/mol. The first kappa shape index (κ1) is 15.4. The molecule has 0 heterocycles. The average Bonchev–Trinajstić information content (AvgIpc) is 2.49. The number of amides is 1. The number of carbonyl (C=O) groups excluding carboxylic acids is 1. The van der Waals surface area contributed by atoms with Crippen LogP contribution in [0.4, 0.5) is 11.4 Å². The molecule has 0 radical (unpaired) electrons. The van der Waals surface area contributed by atoms with Crippen LogP contribution in [0.25, 0.3) is 0 Å². The Kier molecular flexibility index (Phi) is 5.23. The van der Waals surface area contributed by atoms with E-state index in [0.717, 1.165) is 23.4 Å². The summed E-state index contributed by atoms with van der Waals surface area (Å²) in [7, 11) is 0. The molecule has 0 bridgehead atoms. The summed E-state index contributed by atoms with van der Waals surface area (Å²) in [5, 5.41) is 6.60. The van der Waals surface area contributed by atoms with Gasteiger partial charge in [-0.3, -0.25) is 4.79 Å². The van der Waals surface area contributed by atoms with Crippen molar-refractivity contribution in [3.05, 3.63) is 58.6 Å². The molecule has 0 atom stereocenters. The molecule has 0 aliphatic rings. The van der Waals surface area contributed by atoms with Crippen molar-refractivity contribution in [3.63, 3.8) is 0 Å². The van der Waals surface area contributed by atoms with Crippen LogP contribution in [0.15, 0.2) is 42.5 Å². The lowest BCUT2D eigenvalue weighted by Gasteiger charge is -2.11. The summed E-state index contributed by atoms with van der Waals surface area (Å²) in [5.74, 6) is -0.0951. The second kappa shape index (κ2) is 7.14. The second-order valence-corrected chi connectivity index (χ2v) is 5.35. The quantitative estimate of drug-likeness (QED) is 0.866. The molecule has 2 aromatic rings.